The molecule has 0 unspecified atom stereocenters. The van der Waals surface area contributed by atoms with E-state index in [0.29, 0.717) is 6.33 Å². The van der Waals surface area contributed by atoms with Crippen molar-refractivity contribution in [3.8, 4) is 0 Å². The van der Waals surface area contributed by atoms with E-state index >= 15 is 0 Å². The fourth-order valence-corrected chi connectivity index (χ4v) is 0. The Morgan fingerprint density at radius 3 is 1.12 bits per heavy atom. The van der Waals surface area contributed by atoms with E-state index in [-0.39, 0.29) is 12.7 Å². The summed E-state index contributed by atoms with van der Waals surface area (Å²) in [6.07, 6.45) is 1.50. The van der Waals surface area contributed by atoms with Crippen molar-refractivity contribution in [2.45, 2.75) is 6.92 Å². The summed E-state index contributed by atoms with van der Waals surface area (Å²) in [5.41, 5.74) is 0. The molecular weight excluding hydrogens is 117 g/mol. The van der Waals surface area contributed by atoms with Gasteiger partial charge in [0.2, 0.25) is 0 Å². The molecule has 0 saturated heterocycles. The molecule has 0 nitrogen and oxygen atoms in total. The summed E-state index contributed by atoms with van der Waals surface area (Å²) in [5, 5.41) is 0. The third-order valence-corrected chi connectivity index (χ3v) is 0.174. The second-order valence-electron chi connectivity index (χ2n) is 0.711. The van der Waals surface area contributed by atoms with Gasteiger partial charge in [-0.15, -0.1) is 0 Å². The molecule has 0 radical (unpaired) electrons. The minimum Gasteiger partial charge on any atom is -0.216 e. The topological polar surface area (TPSA) is 0 Å². The van der Waals surface area contributed by atoms with Crippen molar-refractivity contribution in [2.24, 2.45) is 0 Å². The number of hydrogen-bond acceptors (Lipinski definition) is 0. The normalized spacial score (nSPS) is 9.50. The molecule has 0 fully saturated rings. The van der Waals surface area contributed by atoms with E-state index in [1.165, 1.54) is 6.08 Å². The summed E-state index contributed by atoms with van der Waals surface area (Å²) in [4.78, 5) is 0. The van der Waals surface area contributed by atoms with Crippen LogP contribution < -0.4 is 0 Å². The molecule has 0 aromatic carbocycles. The highest BCUT2D eigenvalue weighted by molar-refractivity contribution is 4.61. The van der Waals surface area contributed by atoms with Crippen molar-refractivity contribution in [2.75, 3.05) is 0 Å². The molecular formula is C5H7F3. The lowest BCUT2D eigenvalue weighted by Gasteiger charge is -1.45. The molecule has 0 rings (SSSR count). The first-order valence-electron chi connectivity index (χ1n) is 1.90. The van der Waals surface area contributed by atoms with Gasteiger partial charge in [-0.1, -0.05) is 6.08 Å². The van der Waals surface area contributed by atoms with Gasteiger partial charge >= 0.3 is 0 Å². The standard InChI is InChI=1S/C3H5F.C2H2F2/c1-2-3-4;3-1-2-4/h2-3H,1H3;1-2H/b3-2+;2-1-. The number of hydrogen-bond donors (Lipinski definition) is 0. The van der Waals surface area contributed by atoms with E-state index in [1.807, 2.05) is 0 Å². The SMILES string of the molecule is C/C=C/F.F/C=C\F. The van der Waals surface area contributed by atoms with Crippen molar-refractivity contribution < 1.29 is 13.2 Å². The molecule has 0 heterocycles. The van der Waals surface area contributed by atoms with Crippen LogP contribution in [0.5, 0.6) is 0 Å². The van der Waals surface area contributed by atoms with Crippen LogP contribution in [0.25, 0.3) is 0 Å². The van der Waals surface area contributed by atoms with Crippen LogP contribution in [0.2, 0.25) is 0 Å². The van der Waals surface area contributed by atoms with Gasteiger partial charge in [0.05, 0.1) is 6.33 Å². The van der Waals surface area contributed by atoms with E-state index in [1.54, 1.807) is 6.92 Å². The third kappa shape index (κ3) is 59.6. The molecule has 0 aromatic rings. The molecule has 0 aliphatic carbocycles. The Morgan fingerprint density at radius 1 is 0.875 bits per heavy atom. The van der Waals surface area contributed by atoms with Crippen molar-refractivity contribution in [3.05, 3.63) is 25.1 Å². The van der Waals surface area contributed by atoms with Gasteiger partial charge in [0.1, 0.15) is 12.7 Å². The van der Waals surface area contributed by atoms with Gasteiger partial charge in [-0.05, 0) is 6.92 Å². The summed E-state index contributed by atoms with van der Waals surface area (Å²) in [7, 11) is 0. The maximum absolute atomic E-state index is 10.5. The second-order valence-corrected chi connectivity index (χ2v) is 0.711. The molecule has 0 N–H and O–H groups in total. The zero-order valence-electron chi connectivity index (χ0n) is 4.44. The van der Waals surface area contributed by atoms with Crippen LogP contribution in [-0.2, 0) is 0 Å². The maximum Gasteiger partial charge on any atom is 0.115 e. The van der Waals surface area contributed by atoms with Crippen LogP contribution in [0.4, 0.5) is 13.2 Å². The highest BCUT2D eigenvalue weighted by atomic mass is 19.2. The molecule has 0 saturated carbocycles. The molecule has 0 atom stereocenters. The Kier molecular flexibility index (Phi) is 20.9. The first-order chi connectivity index (χ1) is 3.83. The first-order valence-corrected chi connectivity index (χ1v) is 1.90. The largest absolute Gasteiger partial charge is 0.216 e. The van der Waals surface area contributed by atoms with Gasteiger partial charge in [-0.3, -0.25) is 0 Å². The summed E-state index contributed by atoms with van der Waals surface area (Å²) in [6.45, 7) is 1.62. The van der Waals surface area contributed by atoms with Gasteiger partial charge in [0.25, 0.3) is 0 Å². The van der Waals surface area contributed by atoms with Crippen LogP contribution in [0.1, 0.15) is 6.92 Å². The van der Waals surface area contributed by atoms with Crippen LogP contribution in [-0.4, -0.2) is 0 Å². The Bertz CT molecular complexity index is 48.1. The van der Waals surface area contributed by atoms with Gasteiger partial charge in [-0.25, -0.2) is 13.2 Å². The van der Waals surface area contributed by atoms with E-state index in [9.17, 15) is 13.2 Å². The smallest absolute Gasteiger partial charge is 0.115 e. The lowest BCUT2D eigenvalue weighted by Crippen LogP contribution is -1.22. The van der Waals surface area contributed by atoms with Crippen molar-refractivity contribution in [1.82, 2.24) is 0 Å². The Labute approximate surface area is 46.3 Å². The van der Waals surface area contributed by atoms with Gasteiger partial charge in [0, 0.05) is 0 Å². The highest BCUT2D eigenvalue weighted by Crippen LogP contribution is 1.67. The van der Waals surface area contributed by atoms with Crippen LogP contribution in [0.3, 0.4) is 0 Å². The predicted octanol–water partition coefficient (Wildman–Crippen LogP) is 2.89. The molecule has 0 aliphatic rings. The van der Waals surface area contributed by atoms with Crippen LogP contribution in [0.15, 0.2) is 25.1 Å². The van der Waals surface area contributed by atoms with E-state index in [2.05, 4.69) is 0 Å². The Hall–Kier alpha value is -0.730. The molecule has 48 valence electrons. The summed E-state index contributed by atoms with van der Waals surface area (Å²) in [5.74, 6) is 0. The Morgan fingerprint density at radius 2 is 1.12 bits per heavy atom. The van der Waals surface area contributed by atoms with Crippen molar-refractivity contribution in [1.29, 1.82) is 0 Å². The minimum atomic E-state index is -0.167. The van der Waals surface area contributed by atoms with Crippen LogP contribution in [0, 0.1) is 0 Å². The number of halogens is 3. The minimum absolute atomic E-state index is 0.167. The summed E-state index contributed by atoms with van der Waals surface area (Å²) >= 11 is 0. The molecule has 0 aromatic heterocycles. The molecule has 0 aliphatic heterocycles. The number of rotatable bonds is 0. The molecule has 8 heavy (non-hydrogen) atoms. The monoisotopic (exact) mass is 124 g/mol. The van der Waals surface area contributed by atoms with Gasteiger partial charge < -0.3 is 0 Å². The second kappa shape index (κ2) is 16.3. The number of allylic oxidation sites excluding steroid dienone is 1. The van der Waals surface area contributed by atoms with Gasteiger partial charge in [0.15, 0.2) is 0 Å². The maximum atomic E-state index is 10.5. The third-order valence-electron chi connectivity index (χ3n) is 0.174. The summed E-state index contributed by atoms with van der Waals surface area (Å²) < 4.78 is 30.9. The van der Waals surface area contributed by atoms with E-state index in [0.717, 1.165) is 0 Å². The quantitative estimate of drug-likeness (QED) is 0.465. The zero-order valence-corrected chi connectivity index (χ0v) is 4.44. The average Bonchev–Trinajstić information content (AvgIpc) is 1.88. The van der Waals surface area contributed by atoms with E-state index < -0.39 is 0 Å². The lowest BCUT2D eigenvalue weighted by atomic mass is 10.8. The Balaban J connectivity index is 0. The average molecular weight is 124 g/mol. The zero-order chi connectivity index (χ0) is 6.83. The highest BCUT2D eigenvalue weighted by Gasteiger charge is 1.43. The molecule has 0 amide bonds. The molecule has 0 spiro atoms. The molecule has 3 heteroatoms. The van der Waals surface area contributed by atoms with Crippen molar-refractivity contribution >= 4 is 0 Å². The van der Waals surface area contributed by atoms with Crippen molar-refractivity contribution in [3.63, 3.8) is 0 Å². The van der Waals surface area contributed by atoms with Gasteiger partial charge in [-0.2, -0.15) is 0 Å². The summed E-state index contributed by atoms with van der Waals surface area (Å²) in [6, 6.07) is 0. The fraction of sp³-hybridized carbons (Fsp3) is 0.200. The first kappa shape index (κ1) is 10.3. The predicted molar refractivity (Wildman–Crippen MR) is 27.3 cm³/mol. The molecule has 0 bridgehead atoms. The van der Waals surface area contributed by atoms with Crippen LogP contribution >= 0.6 is 0 Å². The van der Waals surface area contributed by atoms with E-state index in [4.69, 9.17) is 0 Å². The fourth-order valence-electron chi connectivity index (χ4n) is 0. The lowest BCUT2D eigenvalue weighted by molar-refractivity contribution is 0.645.